The van der Waals surface area contributed by atoms with Gasteiger partial charge in [0.2, 0.25) is 11.8 Å². The highest BCUT2D eigenvalue weighted by atomic mass is 35.5. The number of carbonyl (C=O) groups is 2. The molecule has 0 radical (unpaired) electrons. The molecule has 0 aromatic rings. The fourth-order valence-electron chi connectivity index (χ4n) is 1.66. The van der Waals surface area contributed by atoms with E-state index in [0.717, 1.165) is 0 Å². The van der Waals surface area contributed by atoms with E-state index in [4.69, 9.17) is 11.6 Å². The third-order valence-electron chi connectivity index (χ3n) is 2.72. The summed E-state index contributed by atoms with van der Waals surface area (Å²) in [6.07, 6.45) is 0. The summed E-state index contributed by atoms with van der Waals surface area (Å²) < 4.78 is 0. The molecule has 1 atom stereocenters. The van der Waals surface area contributed by atoms with Gasteiger partial charge in [0, 0.05) is 19.1 Å². The second kappa shape index (κ2) is 4.39. The minimum absolute atomic E-state index is 0.0574. The second-order valence-corrected chi connectivity index (χ2v) is 4.77. The number of amides is 2. The first-order valence-electron chi connectivity index (χ1n) is 5.04. The first-order valence-corrected chi connectivity index (χ1v) is 5.58. The number of alkyl halides is 1. The molecule has 15 heavy (non-hydrogen) atoms. The average Bonchev–Trinajstić information content (AvgIpc) is 2.21. The van der Waals surface area contributed by atoms with Crippen molar-refractivity contribution in [2.75, 3.05) is 19.0 Å². The third kappa shape index (κ3) is 2.43. The van der Waals surface area contributed by atoms with Gasteiger partial charge in [0.05, 0.1) is 5.41 Å². The molecular weight excluding hydrogens is 216 g/mol. The molecule has 5 heteroatoms. The van der Waals surface area contributed by atoms with Crippen LogP contribution in [0.5, 0.6) is 0 Å². The van der Waals surface area contributed by atoms with Crippen LogP contribution in [0, 0.1) is 5.41 Å². The van der Waals surface area contributed by atoms with Crippen LogP contribution in [0.3, 0.4) is 0 Å². The van der Waals surface area contributed by atoms with Gasteiger partial charge in [0.15, 0.2) is 0 Å². The molecule has 1 aliphatic heterocycles. The summed E-state index contributed by atoms with van der Waals surface area (Å²) >= 11 is 5.35. The molecule has 0 saturated carbocycles. The molecular formula is C10H17ClN2O2. The summed E-state index contributed by atoms with van der Waals surface area (Å²) in [7, 11) is 0. The van der Waals surface area contributed by atoms with Crippen LogP contribution in [-0.2, 0) is 9.59 Å². The summed E-state index contributed by atoms with van der Waals surface area (Å²) in [5.74, 6) is -0.181. The lowest BCUT2D eigenvalue weighted by Gasteiger charge is -2.49. The van der Waals surface area contributed by atoms with E-state index in [1.807, 2.05) is 20.8 Å². The van der Waals surface area contributed by atoms with Crippen LogP contribution in [0.15, 0.2) is 0 Å². The molecule has 86 valence electrons. The number of hydrogen-bond acceptors (Lipinski definition) is 2. The lowest BCUT2D eigenvalue weighted by Crippen LogP contribution is -2.65. The Bertz CT molecular complexity index is 281. The van der Waals surface area contributed by atoms with E-state index in [0.29, 0.717) is 13.1 Å². The van der Waals surface area contributed by atoms with Gasteiger partial charge in [-0.25, -0.2) is 0 Å². The summed E-state index contributed by atoms with van der Waals surface area (Å²) in [4.78, 5) is 24.5. The van der Waals surface area contributed by atoms with E-state index in [1.54, 1.807) is 4.90 Å². The fraction of sp³-hybridized carbons (Fsp3) is 0.800. The minimum atomic E-state index is -0.439. The third-order valence-corrected chi connectivity index (χ3v) is 2.96. The lowest BCUT2D eigenvalue weighted by atomic mass is 9.79. The first-order chi connectivity index (χ1) is 6.90. The topological polar surface area (TPSA) is 49.4 Å². The number of rotatable bonds is 4. The predicted molar refractivity (Wildman–Crippen MR) is 58.7 cm³/mol. The molecule has 1 fully saturated rings. The maximum Gasteiger partial charge on any atom is 0.234 e. The molecule has 0 aromatic heterocycles. The number of nitrogens with one attached hydrogen (secondary N) is 1. The normalized spacial score (nSPS) is 25.4. The van der Waals surface area contributed by atoms with Gasteiger partial charge < -0.3 is 10.2 Å². The van der Waals surface area contributed by atoms with Crippen molar-refractivity contribution in [2.24, 2.45) is 5.41 Å². The summed E-state index contributed by atoms with van der Waals surface area (Å²) in [5, 5.41) is 2.65. The molecule has 2 amide bonds. The van der Waals surface area contributed by atoms with Crippen molar-refractivity contribution in [2.45, 2.75) is 26.8 Å². The van der Waals surface area contributed by atoms with Crippen LogP contribution in [0.25, 0.3) is 0 Å². The van der Waals surface area contributed by atoms with Gasteiger partial charge in [-0.1, -0.05) is 0 Å². The summed E-state index contributed by atoms with van der Waals surface area (Å²) in [5.41, 5.74) is -0.439. The van der Waals surface area contributed by atoms with Gasteiger partial charge in [-0.2, -0.15) is 0 Å². The maximum absolute atomic E-state index is 11.8. The molecule has 0 spiro atoms. The molecule has 1 unspecified atom stereocenters. The molecule has 0 aliphatic carbocycles. The molecule has 1 rings (SSSR count). The van der Waals surface area contributed by atoms with E-state index in [-0.39, 0.29) is 23.7 Å². The van der Waals surface area contributed by atoms with Crippen LogP contribution in [0.4, 0.5) is 0 Å². The Balaban J connectivity index is 2.44. The fourth-order valence-corrected chi connectivity index (χ4v) is 1.75. The van der Waals surface area contributed by atoms with Gasteiger partial charge in [0.1, 0.15) is 5.88 Å². The second-order valence-electron chi connectivity index (χ2n) is 4.50. The van der Waals surface area contributed by atoms with Crippen molar-refractivity contribution in [3.8, 4) is 0 Å². The van der Waals surface area contributed by atoms with E-state index >= 15 is 0 Å². The Morgan fingerprint density at radius 3 is 2.67 bits per heavy atom. The number of β-lactam (4-membered cyclic amide) rings is 1. The first kappa shape index (κ1) is 12.3. The summed E-state index contributed by atoms with van der Waals surface area (Å²) in [6, 6.07) is 0.231. The molecule has 4 nitrogen and oxygen atoms in total. The number of carbonyl (C=O) groups excluding carboxylic acids is 2. The van der Waals surface area contributed by atoms with Crippen molar-refractivity contribution in [3.05, 3.63) is 0 Å². The van der Waals surface area contributed by atoms with E-state index < -0.39 is 5.41 Å². The molecule has 1 heterocycles. The zero-order valence-corrected chi connectivity index (χ0v) is 10.1. The molecule has 1 saturated heterocycles. The zero-order valence-electron chi connectivity index (χ0n) is 9.34. The van der Waals surface area contributed by atoms with Crippen LogP contribution in [-0.4, -0.2) is 41.7 Å². The van der Waals surface area contributed by atoms with Gasteiger partial charge in [-0.15, -0.1) is 11.6 Å². The van der Waals surface area contributed by atoms with E-state index in [9.17, 15) is 9.59 Å². The van der Waals surface area contributed by atoms with Crippen molar-refractivity contribution < 1.29 is 9.59 Å². The molecule has 0 aromatic carbocycles. The molecule has 0 bridgehead atoms. The van der Waals surface area contributed by atoms with E-state index in [2.05, 4.69) is 5.32 Å². The Kier molecular flexibility index (Phi) is 3.60. The van der Waals surface area contributed by atoms with Gasteiger partial charge in [0.25, 0.3) is 0 Å². The highest BCUT2D eigenvalue weighted by Gasteiger charge is 2.48. The Morgan fingerprint density at radius 2 is 2.27 bits per heavy atom. The SMILES string of the molecule is CC(C)N1CC(C)(CNC(=O)CCl)C1=O. The van der Waals surface area contributed by atoms with Crippen molar-refractivity contribution in [3.63, 3.8) is 0 Å². The lowest BCUT2D eigenvalue weighted by molar-refractivity contribution is -0.161. The van der Waals surface area contributed by atoms with Crippen molar-refractivity contribution in [1.82, 2.24) is 10.2 Å². The van der Waals surface area contributed by atoms with Crippen LogP contribution < -0.4 is 5.32 Å². The smallest absolute Gasteiger partial charge is 0.234 e. The van der Waals surface area contributed by atoms with Crippen LogP contribution in [0.1, 0.15) is 20.8 Å². The minimum Gasteiger partial charge on any atom is -0.354 e. The summed E-state index contributed by atoms with van der Waals surface area (Å²) in [6.45, 7) is 6.90. The largest absolute Gasteiger partial charge is 0.354 e. The van der Waals surface area contributed by atoms with Crippen molar-refractivity contribution >= 4 is 23.4 Å². The number of nitrogens with zero attached hydrogens (tertiary/aromatic N) is 1. The quantitative estimate of drug-likeness (QED) is 0.570. The van der Waals surface area contributed by atoms with Gasteiger partial charge >= 0.3 is 0 Å². The monoisotopic (exact) mass is 232 g/mol. The molecule has 1 N–H and O–H groups in total. The zero-order chi connectivity index (χ0) is 11.6. The Morgan fingerprint density at radius 1 is 1.67 bits per heavy atom. The predicted octanol–water partition coefficient (Wildman–Crippen LogP) is 0.598. The number of halogens is 1. The van der Waals surface area contributed by atoms with Gasteiger partial charge in [-0.05, 0) is 20.8 Å². The number of hydrogen-bond donors (Lipinski definition) is 1. The maximum atomic E-state index is 11.8. The van der Waals surface area contributed by atoms with Crippen LogP contribution >= 0.6 is 11.6 Å². The Hall–Kier alpha value is -0.770. The molecule has 1 aliphatic rings. The highest BCUT2D eigenvalue weighted by molar-refractivity contribution is 6.27. The number of likely N-dealkylation sites (tertiary alicyclic amines) is 1. The van der Waals surface area contributed by atoms with Crippen molar-refractivity contribution in [1.29, 1.82) is 0 Å². The average molecular weight is 233 g/mol. The van der Waals surface area contributed by atoms with Gasteiger partial charge in [-0.3, -0.25) is 9.59 Å². The van der Waals surface area contributed by atoms with E-state index in [1.165, 1.54) is 0 Å². The Labute approximate surface area is 95.0 Å². The van der Waals surface area contributed by atoms with Crippen LogP contribution in [0.2, 0.25) is 0 Å². The highest BCUT2D eigenvalue weighted by Crippen LogP contribution is 2.32. The standard InChI is InChI=1S/C10H17ClN2O2/c1-7(2)13-6-10(3,9(13)15)5-12-8(14)4-11/h7H,4-6H2,1-3H3,(H,12,14).